The summed E-state index contributed by atoms with van der Waals surface area (Å²) in [7, 11) is 0. The SMILES string of the molecule is CCC(CC)Cc1cc(C(C)(C)C)cc(C2=CC(C(C)(C)C)=CCC(C(C)(C)C)=C2)c1O.CCSCc1cc(-c2cc(C(C)(C)C)cc(C(C)(C)C)c2)cc(C(C)(C)C)c1. The maximum absolute atomic E-state index is 11.6. The van der Waals surface area contributed by atoms with Crippen molar-refractivity contribution in [3.63, 3.8) is 0 Å². The zero-order valence-electron chi connectivity index (χ0n) is 42.5. The van der Waals surface area contributed by atoms with E-state index in [0.29, 0.717) is 11.7 Å². The number of phenolic OH excluding ortho intramolecular Hbond substituents is 1. The molecule has 1 N–H and O–H groups in total. The summed E-state index contributed by atoms with van der Waals surface area (Å²) in [6.07, 6.45) is 11.2. The molecule has 3 aromatic rings. The van der Waals surface area contributed by atoms with E-state index >= 15 is 0 Å². The fourth-order valence-corrected chi connectivity index (χ4v) is 8.19. The van der Waals surface area contributed by atoms with Gasteiger partial charge in [-0.3, -0.25) is 0 Å². The second kappa shape index (κ2) is 19.6. The quantitative estimate of drug-likeness (QED) is 0.232. The zero-order valence-corrected chi connectivity index (χ0v) is 43.3. The van der Waals surface area contributed by atoms with Gasteiger partial charge in [0.2, 0.25) is 0 Å². The molecular weight excluding hydrogens is 745 g/mol. The Morgan fingerprint density at radius 3 is 1.43 bits per heavy atom. The van der Waals surface area contributed by atoms with E-state index in [4.69, 9.17) is 0 Å². The first-order chi connectivity index (χ1) is 27.3. The molecule has 1 nitrogen and oxygen atoms in total. The van der Waals surface area contributed by atoms with Crippen molar-refractivity contribution < 1.29 is 5.11 Å². The molecule has 0 amide bonds. The Balaban J connectivity index is 0.000000323. The van der Waals surface area contributed by atoms with Crippen LogP contribution >= 0.6 is 11.8 Å². The van der Waals surface area contributed by atoms with Crippen LogP contribution in [-0.2, 0) is 33.8 Å². The minimum Gasteiger partial charge on any atom is -0.507 e. The summed E-state index contributed by atoms with van der Waals surface area (Å²) in [6.45, 7) is 48.1. The lowest BCUT2D eigenvalue weighted by atomic mass is 9.78. The van der Waals surface area contributed by atoms with Gasteiger partial charge < -0.3 is 5.11 Å². The van der Waals surface area contributed by atoms with Crippen LogP contribution in [0.1, 0.15) is 204 Å². The van der Waals surface area contributed by atoms with Gasteiger partial charge in [0.25, 0.3) is 0 Å². The molecule has 332 valence electrons. The maximum Gasteiger partial charge on any atom is 0.126 e. The topological polar surface area (TPSA) is 20.2 Å². The molecule has 1 aliphatic carbocycles. The van der Waals surface area contributed by atoms with Crippen molar-refractivity contribution >= 4 is 17.3 Å². The molecule has 60 heavy (non-hydrogen) atoms. The molecule has 0 saturated heterocycles. The number of hydrogen-bond acceptors (Lipinski definition) is 2. The van der Waals surface area contributed by atoms with E-state index in [0.717, 1.165) is 53.9 Å². The predicted molar refractivity (Wildman–Crippen MR) is 272 cm³/mol. The van der Waals surface area contributed by atoms with Gasteiger partial charge in [-0.05, 0) is 119 Å². The van der Waals surface area contributed by atoms with Crippen LogP contribution in [-0.4, -0.2) is 10.9 Å². The number of aromatic hydroxyl groups is 1. The Bertz CT molecular complexity index is 1970. The van der Waals surface area contributed by atoms with Gasteiger partial charge in [-0.25, -0.2) is 0 Å². The molecule has 0 aliphatic heterocycles. The predicted octanol–water partition coefficient (Wildman–Crippen LogP) is 17.9. The number of allylic oxidation sites excluding steroid dienone is 6. The minimum absolute atomic E-state index is 0.0235. The monoisotopic (exact) mass is 833 g/mol. The first-order valence-corrected chi connectivity index (χ1v) is 24.3. The number of phenols is 1. The van der Waals surface area contributed by atoms with Crippen molar-refractivity contribution in [3.05, 3.63) is 117 Å². The van der Waals surface area contributed by atoms with E-state index in [2.05, 4.69) is 212 Å². The van der Waals surface area contributed by atoms with Crippen LogP contribution in [0.5, 0.6) is 5.75 Å². The van der Waals surface area contributed by atoms with Crippen molar-refractivity contribution in [2.24, 2.45) is 16.7 Å². The third kappa shape index (κ3) is 14.3. The zero-order chi connectivity index (χ0) is 45.8. The van der Waals surface area contributed by atoms with E-state index in [9.17, 15) is 5.11 Å². The van der Waals surface area contributed by atoms with E-state index in [1.165, 1.54) is 50.1 Å². The van der Waals surface area contributed by atoms with Crippen LogP contribution < -0.4 is 0 Å². The molecule has 1 aliphatic rings. The summed E-state index contributed by atoms with van der Waals surface area (Å²) in [5.74, 6) is 3.30. The first kappa shape index (κ1) is 51.4. The summed E-state index contributed by atoms with van der Waals surface area (Å²) in [5.41, 5.74) is 16.3. The third-order valence-electron chi connectivity index (χ3n) is 12.4. The Kier molecular flexibility index (Phi) is 16.8. The molecule has 0 bridgehead atoms. The van der Waals surface area contributed by atoms with Crippen molar-refractivity contribution in [3.8, 4) is 16.9 Å². The van der Waals surface area contributed by atoms with Crippen molar-refractivity contribution in [1.82, 2.24) is 0 Å². The average Bonchev–Trinajstić information content (AvgIpc) is 3.36. The van der Waals surface area contributed by atoms with Gasteiger partial charge in [0.15, 0.2) is 0 Å². The smallest absolute Gasteiger partial charge is 0.126 e. The van der Waals surface area contributed by atoms with Crippen LogP contribution in [0.2, 0.25) is 0 Å². The van der Waals surface area contributed by atoms with Crippen LogP contribution in [0.15, 0.2) is 77.9 Å². The molecule has 0 spiro atoms. The summed E-state index contributed by atoms with van der Waals surface area (Å²) < 4.78 is 0. The van der Waals surface area contributed by atoms with Gasteiger partial charge in [-0.15, -0.1) is 0 Å². The fourth-order valence-electron chi connectivity index (χ4n) is 7.58. The number of benzene rings is 3. The van der Waals surface area contributed by atoms with Crippen LogP contribution in [0.3, 0.4) is 0 Å². The fraction of sp³-hybridized carbons (Fsp3) is 0.586. The molecular formula is C58H88OS. The number of thioether (sulfide) groups is 1. The lowest BCUT2D eigenvalue weighted by molar-refractivity contribution is 0.441. The highest BCUT2D eigenvalue weighted by atomic mass is 32.2. The molecule has 0 atom stereocenters. The van der Waals surface area contributed by atoms with Gasteiger partial charge in [-0.2, -0.15) is 11.8 Å². The Labute approximate surface area is 375 Å². The molecule has 0 aromatic heterocycles. The molecule has 0 radical (unpaired) electrons. The average molecular weight is 833 g/mol. The maximum atomic E-state index is 11.6. The van der Waals surface area contributed by atoms with Crippen molar-refractivity contribution in [2.75, 3.05) is 5.75 Å². The molecule has 0 saturated carbocycles. The van der Waals surface area contributed by atoms with Gasteiger partial charge in [0.1, 0.15) is 5.75 Å². The number of hydrogen-bond donors (Lipinski definition) is 1. The van der Waals surface area contributed by atoms with E-state index < -0.39 is 0 Å². The van der Waals surface area contributed by atoms with Crippen LogP contribution in [0, 0.1) is 16.7 Å². The van der Waals surface area contributed by atoms with Crippen molar-refractivity contribution in [1.29, 1.82) is 0 Å². The Hall–Kier alpha value is -2.97. The lowest BCUT2D eigenvalue weighted by Gasteiger charge is -2.27. The molecule has 2 heteroatoms. The molecule has 0 unspecified atom stereocenters. The first-order valence-electron chi connectivity index (χ1n) is 23.2. The Morgan fingerprint density at radius 1 is 0.533 bits per heavy atom. The summed E-state index contributed by atoms with van der Waals surface area (Å²) in [5, 5.41) is 11.6. The lowest BCUT2D eigenvalue weighted by Crippen LogP contribution is -2.16. The number of rotatable bonds is 9. The highest BCUT2D eigenvalue weighted by Gasteiger charge is 2.27. The van der Waals surface area contributed by atoms with Crippen LogP contribution in [0.25, 0.3) is 16.7 Å². The van der Waals surface area contributed by atoms with Gasteiger partial charge in [0, 0.05) is 11.3 Å². The second-order valence-corrected chi connectivity index (χ2v) is 25.2. The van der Waals surface area contributed by atoms with Crippen molar-refractivity contribution in [2.45, 2.75) is 198 Å². The molecule has 4 rings (SSSR count). The Morgan fingerprint density at radius 2 is 1.00 bits per heavy atom. The van der Waals surface area contributed by atoms with Gasteiger partial charge in [0.05, 0.1) is 0 Å². The highest BCUT2D eigenvalue weighted by molar-refractivity contribution is 7.98. The largest absolute Gasteiger partial charge is 0.507 e. The van der Waals surface area contributed by atoms with E-state index in [1.54, 1.807) is 0 Å². The van der Waals surface area contributed by atoms with E-state index in [1.807, 2.05) is 11.8 Å². The minimum atomic E-state index is 0.0235. The molecule has 0 heterocycles. The summed E-state index contributed by atoms with van der Waals surface area (Å²) in [6, 6.07) is 18.9. The molecule has 3 aromatic carbocycles. The standard InChI is InChI=1S/C31H48O.C27H40S/c1-12-21(13-2)16-23-19-26(31(9,10)11)20-27(28(23)32)22-17-24(29(3,4)5)14-15-25(18-22)30(6,7)8;1-11-28-18-19-12-20(14-22(13-19)25(2,3)4)21-15-23(26(5,6)7)17-24(16-21)27(8,9)10/h14,17-21,32H,12-13,15-16H2,1-11H3;12-17H,11,18H2,1-10H3. The van der Waals surface area contributed by atoms with Crippen LogP contribution in [0.4, 0.5) is 0 Å². The van der Waals surface area contributed by atoms with Gasteiger partial charge >= 0.3 is 0 Å². The van der Waals surface area contributed by atoms with Gasteiger partial charge in [-0.1, -0.05) is 225 Å². The highest BCUT2D eigenvalue weighted by Crippen LogP contribution is 2.43. The third-order valence-corrected chi connectivity index (χ3v) is 13.3. The second-order valence-electron chi connectivity index (χ2n) is 23.9. The normalized spacial score (nSPS) is 14.6. The molecule has 0 fully saturated rings. The van der Waals surface area contributed by atoms with E-state index in [-0.39, 0.29) is 32.5 Å². The summed E-state index contributed by atoms with van der Waals surface area (Å²) >= 11 is 2.00. The summed E-state index contributed by atoms with van der Waals surface area (Å²) in [4.78, 5) is 0.